The monoisotopic (exact) mass is 584 g/mol. The molecule has 4 amide bonds. The van der Waals surface area contributed by atoms with Gasteiger partial charge in [0.2, 0.25) is 11.8 Å². The molecule has 0 unspecified atom stereocenters. The van der Waals surface area contributed by atoms with E-state index < -0.39 is 51.7 Å². The lowest BCUT2D eigenvalue weighted by molar-refractivity contribution is -0.384. The number of carbonyl (C=O) groups excluding carboxylic acids is 4. The number of para-hydroxylation sites is 2. The second kappa shape index (κ2) is 8.43. The third-order valence-corrected chi connectivity index (χ3v) is 10.8. The summed E-state index contributed by atoms with van der Waals surface area (Å²) in [6.07, 6.45) is 6.35. The number of nitrogens with zero attached hydrogens (tertiary/aromatic N) is 4. The molecule has 216 valence electrons. The number of amides is 4. The Morgan fingerprint density at radius 3 is 1.93 bits per heavy atom. The molecule has 10 rings (SSSR count). The van der Waals surface area contributed by atoms with E-state index >= 15 is 0 Å². The number of fused-ring (bicyclic) bond motifs is 5. The molecular weight excluding hydrogens is 560 g/mol. The van der Waals surface area contributed by atoms with Crippen LogP contribution in [0, 0.1) is 45.6 Å². The summed E-state index contributed by atoms with van der Waals surface area (Å²) in [5, 5.41) is 17.6. The van der Waals surface area contributed by atoms with Crippen molar-refractivity contribution in [3.05, 3.63) is 117 Å². The van der Waals surface area contributed by atoms with Crippen LogP contribution >= 0.6 is 0 Å². The Balaban J connectivity index is 1.25. The van der Waals surface area contributed by atoms with Crippen molar-refractivity contribution in [2.45, 2.75) is 17.8 Å². The van der Waals surface area contributed by atoms with Crippen LogP contribution in [0.2, 0.25) is 0 Å². The minimum Gasteiger partial charge on any atom is -0.274 e. The molecule has 0 radical (unpaired) electrons. The minimum absolute atomic E-state index is 0.0139. The molecule has 3 aromatic carbocycles. The van der Waals surface area contributed by atoms with E-state index in [0.717, 1.165) is 38.6 Å². The molecule has 1 saturated carbocycles. The minimum atomic E-state index is -1.31. The molecule has 0 aromatic heterocycles. The molecule has 10 heteroatoms. The van der Waals surface area contributed by atoms with Gasteiger partial charge in [-0.15, -0.1) is 0 Å². The van der Waals surface area contributed by atoms with Crippen LogP contribution in [0.1, 0.15) is 34.6 Å². The Kier molecular flexibility index (Phi) is 4.84. The molecule has 2 aliphatic heterocycles. The summed E-state index contributed by atoms with van der Waals surface area (Å²) in [6, 6.07) is 20.9. The van der Waals surface area contributed by atoms with Crippen molar-refractivity contribution in [1.82, 2.24) is 5.01 Å². The van der Waals surface area contributed by atoms with Crippen LogP contribution in [0.4, 0.5) is 11.4 Å². The van der Waals surface area contributed by atoms with Crippen molar-refractivity contribution in [2.75, 3.05) is 4.90 Å². The normalized spacial score (nSPS) is 33.8. The van der Waals surface area contributed by atoms with Crippen molar-refractivity contribution in [3.8, 4) is 0 Å². The number of allylic oxidation sites excluding steroid dienone is 2. The van der Waals surface area contributed by atoms with Gasteiger partial charge >= 0.3 is 0 Å². The van der Waals surface area contributed by atoms with Crippen LogP contribution in [0.3, 0.4) is 0 Å². The first-order valence-corrected chi connectivity index (χ1v) is 14.8. The lowest BCUT2D eigenvalue weighted by Crippen LogP contribution is -2.55. The zero-order valence-electron chi connectivity index (χ0n) is 23.1. The van der Waals surface area contributed by atoms with Gasteiger partial charge in [0.05, 0.1) is 34.0 Å². The largest absolute Gasteiger partial charge is 0.293 e. The van der Waals surface area contributed by atoms with E-state index in [4.69, 9.17) is 0 Å². The first-order valence-electron chi connectivity index (χ1n) is 14.8. The first kappa shape index (κ1) is 25.3. The maximum Gasteiger partial charge on any atom is 0.293 e. The fourth-order valence-corrected chi connectivity index (χ4v) is 9.24. The zero-order chi connectivity index (χ0) is 30.1. The molecule has 7 aliphatic rings. The molecule has 0 N–H and O–H groups in total. The summed E-state index contributed by atoms with van der Waals surface area (Å²) in [6.45, 7) is 0. The van der Waals surface area contributed by atoms with Gasteiger partial charge < -0.3 is 0 Å². The molecule has 2 heterocycles. The third kappa shape index (κ3) is 2.83. The number of hydrogen-bond acceptors (Lipinski definition) is 7. The quantitative estimate of drug-likeness (QED) is 0.150. The van der Waals surface area contributed by atoms with Gasteiger partial charge in [-0.2, -0.15) is 10.1 Å². The van der Waals surface area contributed by atoms with Crippen LogP contribution < -0.4 is 4.90 Å². The highest BCUT2D eigenvalue weighted by Crippen LogP contribution is 2.64. The molecular formula is C34H24N4O6. The SMILES string of the molecule is O=C1[C@@H]2[C@H](C(=O)N1/N=C\C13c4ccccc4C(c4ccccc41)[C@H]1C(=O)N(c4ccccc4[N+](=O)[O-])C(=O)[C@H]13)[C@H]1C=C[C@H]2C1. The van der Waals surface area contributed by atoms with Crippen molar-refractivity contribution in [3.63, 3.8) is 0 Å². The summed E-state index contributed by atoms with van der Waals surface area (Å²) >= 11 is 0. The summed E-state index contributed by atoms with van der Waals surface area (Å²) in [4.78, 5) is 68.5. The predicted molar refractivity (Wildman–Crippen MR) is 156 cm³/mol. The van der Waals surface area contributed by atoms with Crippen LogP contribution in [0.25, 0.3) is 0 Å². The second-order valence-corrected chi connectivity index (χ2v) is 12.5. The van der Waals surface area contributed by atoms with E-state index in [1.165, 1.54) is 24.4 Å². The van der Waals surface area contributed by atoms with Crippen molar-refractivity contribution in [1.29, 1.82) is 0 Å². The summed E-state index contributed by atoms with van der Waals surface area (Å²) in [5.74, 6) is -4.98. The average molecular weight is 585 g/mol. The summed E-state index contributed by atoms with van der Waals surface area (Å²) in [5.41, 5.74) is 1.49. The molecule has 10 nitrogen and oxygen atoms in total. The van der Waals surface area contributed by atoms with Crippen molar-refractivity contribution < 1.29 is 24.1 Å². The molecule has 5 aliphatic carbocycles. The number of rotatable bonds is 4. The van der Waals surface area contributed by atoms with Crippen LogP contribution in [0.15, 0.2) is 90.0 Å². The summed E-state index contributed by atoms with van der Waals surface area (Å²) in [7, 11) is 0. The van der Waals surface area contributed by atoms with Gasteiger partial charge in [-0.1, -0.05) is 72.8 Å². The molecule has 2 saturated heterocycles. The van der Waals surface area contributed by atoms with Crippen LogP contribution in [0.5, 0.6) is 0 Å². The van der Waals surface area contributed by atoms with Crippen LogP contribution in [-0.4, -0.2) is 39.8 Å². The van der Waals surface area contributed by atoms with Crippen molar-refractivity contribution in [2.24, 2.45) is 40.6 Å². The smallest absolute Gasteiger partial charge is 0.274 e. The molecule has 0 spiro atoms. The number of imide groups is 2. The molecule has 3 fully saturated rings. The van der Waals surface area contributed by atoms with Gasteiger partial charge in [0.15, 0.2) is 0 Å². The predicted octanol–water partition coefficient (Wildman–Crippen LogP) is 3.94. The van der Waals surface area contributed by atoms with Gasteiger partial charge in [-0.3, -0.25) is 29.3 Å². The van der Waals surface area contributed by atoms with E-state index in [2.05, 4.69) is 5.10 Å². The number of carbonyl (C=O) groups is 4. The maximum atomic E-state index is 14.6. The zero-order valence-corrected chi connectivity index (χ0v) is 23.1. The van der Waals surface area contributed by atoms with Gasteiger partial charge in [-0.25, -0.2) is 4.90 Å². The highest BCUT2D eigenvalue weighted by Gasteiger charge is 2.69. The fraction of sp³-hybridized carbons (Fsp3) is 0.265. The van der Waals surface area contributed by atoms with E-state index in [9.17, 15) is 29.3 Å². The Bertz CT molecular complexity index is 1870. The Hall–Kier alpha value is -5.25. The standard InChI is InChI=1S/C34H24N4O6/c39-30-28-27-19-7-1-3-9-21(19)34(22-10-4-2-8-20(22)27,29(28)33(42)36(30)23-11-5-6-12-24(23)38(43)44)16-35-37-31(40)25-17-13-14-18(15-17)26(25)32(37)41/h1-14,16-18,25-29H,15H2/b35-16-/t17-,18-,25-,26+,27?,28+,29-,34?/m0/s1. The van der Waals surface area contributed by atoms with E-state index in [1.807, 2.05) is 60.7 Å². The van der Waals surface area contributed by atoms with Gasteiger partial charge in [0.1, 0.15) is 5.69 Å². The second-order valence-electron chi connectivity index (χ2n) is 12.5. The van der Waals surface area contributed by atoms with E-state index in [0.29, 0.717) is 0 Å². The topological polar surface area (TPSA) is 130 Å². The number of nitro groups is 1. The molecule has 6 atom stereocenters. The molecule has 3 aromatic rings. The number of hydrogen-bond donors (Lipinski definition) is 0. The lowest BCUT2D eigenvalue weighted by Gasteiger charge is -2.52. The Labute approximate surface area is 250 Å². The number of benzene rings is 3. The van der Waals surface area contributed by atoms with Gasteiger partial charge in [-0.05, 0) is 46.6 Å². The number of nitro benzene ring substituents is 1. The molecule has 44 heavy (non-hydrogen) atoms. The average Bonchev–Trinajstić information content (AvgIpc) is 3.78. The van der Waals surface area contributed by atoms with Crippen molar-refractivity contribution >= 4 is 41.2 Å². The van der Waals surface area contributed by atoms with Gasteiger partial charge in [0, 0.05) is 18.2 Å². The fourth-order valence-electron chi connectivity index (χ4n) is 9.24. The number of anilines is 1. The Morgan fingerprint density at radius 2 is 1.32 bits per heavy atom. The number of hydrazone groups is 1. The molecule has 4 bridgehead atoms. The third-order valence-electron chi connectivity index (χ3n) is 10.8. The van der Waals surface area contributed by atoms with Crippen LogP contribution in [-0.2, 0) is 24.6 Å². The van der Waals surface area contributed by atoms with E-state index in [-0.39, 0.29) is 35.0 Å². The summed E-state index contributed by atoms with van der Waals surface area (Å²) < 4.78 is 0. The Morgan fingerprint density at radius 1 is 0.750 bits per heavy atom. The van der Waals surface area contributed by atoms with Gasteiger partial charge in [0.25, 0.3) is 17.5 Å². The van der Waals surface area contributed by atoms with E-state index in [1.54, 1.807) is 6.07 Å². The highest BCUT2D eigenvalue weighted by molar-refractivity contribution is 6.25. The highest BCUT2D eigenvalue weighted by atomic mass is 16.6. The maximum absolute atomic E-state index is 14.6. The first-order chi connectivity index (χ1) is 21.3. The lowest BCUT2D eigenvalue weighted by atomic mass is 9.47.